The number of hydrogen-bond acceptors (Lipinski definition) is 5. The molecule has 0 aliphatic carbocycles. The standard InChI is InChI=1S/C26H24ClN5O/c27-20-10-12-21(13-11-20)28-24(33)18-31-14-16-32(17-15-31)26-23-9-5-4-8-22(23)25(29-30-26)19-6-2-1-3-7-19/h1-13H,14-18H2,(H,28,33). The van der Waals surface area contributed by atoms with Crippen molar-refractivity contribution >= 4 is 39.8 Å². The van der Waals surface area contributed by atoms with E-state index in [1.165, 1.54) is 0 Å². The van der Waals surface area contributed by atoms with E-state index in [0.717, 1.165) is 59.7 Å². The average molecular weight is 458 g/mol. The Morgan fingerprint density at radius 3 is 2.21 bits per heavy atom. The van der Waals surface area contributed by atoms with Crippen LogP contribution >= 0.6 is 11.6 Å². The molecular weight excluding hydrogens is 434 g/mol. The van der Waals surface area contributed by atoms with Crippen LogP contribution < -0.4 is 10.2 Å². The first-order chi connectivity index (χ1) is 16.2. The van der Waals surface area contributed by atoms with E-state index in [4.69, 9.17) is 11.6 Å². The van der Waals surface area contributed by atoms with E-state index in [0.29, 0.717) is 11.6 Å². The molecule has 1 aromatic heterocycles. The van der Waals surface area contributed by atoms with Crippen molar-refractivity contribution in [3.05, 3.63) is 83.9 Å². The molecule has 1 saturated heterocycles. The van der Waals surface area contributed by atoms with E-state index in [1.54, 1.807) is 24.3 Å². The zero-order valence-corrected chi connectivity index (χ0v) is 18.9. The van der Waals surface area contributed by atoms with E-state index in [2.05, 4.69) is 49.6 Å². The van der Waals surface area contributed by atoms with E-state index in [-0.39, 0.29) is 5.91 Å². The normalized spacial score (nSPS) is 14.4. The zero-order chi connectivity index (χ0) is 22.6. The highest BCUT2D eigenvalue weighted by molar-refractivity contribution is 6.30. The van der Waals surface area contributed by atoms with Crippen LogP contribution in [0.15, 0.2) is 78.9 Å². The third-order valence-corrected chi connectivity index (χ3v) is 6.13. The molecule has 6 nitrogen and oxygen atoms in total. The summed E-state index contributed by atoms with van der Waals surface area (Å²) in [6.07, 6.45) is 0. The summed E-state index contributed by atoms with van der Waals surface area (Å²) in [7, 11) is 0. The van der Waals surface area contributed by atoms with Gasteiger partial charge in [-0.3, -0.25) is 9.69 Å². The summed E-state index contributed by atoms with van der Waals surface area (Å²) in [5.74, 6) is 0.874. The Morgan fingerprint density at radius 2 is 1.48 bits per heavy atom. The second-order valence-corrected chi connectivity index (χ2v) is 8.54. The Hall–Kier alpha value is -3.48. The van der Waals surface area contributed by atoms with E-state index >= 15 is 0 Å². The molecule has 1 N–H and O–H groups in total. The maximum Gasteiger partial charge on any atom is 0.238 e. The number of piperazine rings is 1. The third-order valence-electron chi connectivity index (χ3n) is 5.88. The van der Waals surface area contributed by atoms with Gasteiger partial charge in [0.05, 0.1) is 6.54 Å². The molecule has 0 radical (unpaired) electrons. The molecule has 0 saturated carbocycles. The van der Waals surface area contributed by atoms with Crippen LogP contribution in [-0.2, 0) is 4.79 Å². The first-order valence-electron chi connectivity index (χ1n) is 11.0. The van der Waals surface area contributed by atoms with Crippen molar-refractivity contribution in [2.75, 3.05) is 42.9 Å². The van der Waals surface area contributed by atoms with Gasteiger partial charge in [0.1, 0.15) is 5.69 Å². The highest BCUT2D eigenvalue weighted by atomic mass is 35.5. The molecule has 1 fully saturated rings. The van der Waals surface area contributed by atoms with E-state index in [9.17, 15) is 4.79 Å². The van der Waals surface area contributed by atoms with Crippen LogP contribution in [-0.4, -0.2) is 53.7 Å². The highest BCUT2D eigenvalue weighted by Gasteiger charge is 2.22. The molecule has 0 unspecified atom stereocenters. The predicted molar refractivity (Wildman–Crippen MR) is 134 cm³/mol. The number of amides is 1. The second-order valence-electron chi connectivity index (χ2n) is 8.10. The van der Waals surface area contributed by atoms with Crippen LogP contribution in [0.2, 0.25) is 5.02 Å². The van der Waals surface area contributed by atoms with Crippen molar-refractivity contribution < 1.29 is 4.79 Å². The molecule has 1 aliphatic heterocycles. The van der Waals surface area contributed by atoms with Crippen molar-refractivity contribution in [3.63, 3.8) is 0 Å². The van der Waals surface area contributed by atoms with Gasteiger partial charge in [-0.1, -0.05) is 66.2 Å². The van der Waals surface area contributed by atoms with Gasteiger partial charge >= 0.3 is 0 Å². The number of rotatable bonds is 5. The quantitative estimate of drug-likeness (QED) is 0.470. The van der Waals surface area contributed by atoms with Gasteiger partial charge in [-0.15, -0.1) is 10.2 Å². The number of halogens is 1. The Balaban J connectivity index is 1.27. The lowest BCUT2D eigenvalue weighted by Crippen LogP contribution is -2.49. The third kappa shape index (κ3) is 4.82. The molecule has 5 rings (SSSR count). The van der Waals surface area contributed by atoms with Gasteiger partial charge in [0.2, 0.25) is 5.91 Å². The van der Waals surface area contributed by atoms with Gasteiger partial charge in [-0.25, -0.2) is 0 Å². The molecule has 33 heavy (non-hydrogen) atoms. The van der Waals surface area contributed by atoms with Crippen molar-refractivity contribution in [1.29, 1.82) is 0 Å². The monoisotopic (exact) mass is 457 g/mol. The SMILES string of the molecule is O=C(CN1CCN(c2nnc(-c3ccccc3)c3ccccc23)CC1)Nc1ccc(Cl)cc1. The number of carbonyl (C=O) groups is 1. The number of fused-ring (bicyclic) bond motifs is 1. The lowest BCUT2D eigenvalue weighted by atomic mass is 10.0. The Labute approximate surface area is 197 Å². The Morgan fingerprint density at radius 1 is 0.818 bits per heavy atom. The van der Waals surface area contributed by atoms with Crippen LogP contribution in [0.1, 0.15) is 0 Å². The molecule has 166 valence electrons. The molecule has 0 bridgehead atoms. The summed E-state index contributed by atoms with van der Waals surface area (Å²) in [4.78, 5) is 16.9. The molecule has 7 heteroatoms. The van der Waals surface area contributed by atoms with Crippen molar-refractivity contribution in [2.24, 2.45) is 0 Å². The summed E-state index contributed by atoms with van der Waals surface area (Å²) >= 11 is 5.91. The first kappa shape index (κ1) is 21.4. The molecule has 2 heterocycles. The number of benzene rings is 3. The van der Waals surface area contributed by atoms with E-state index < -0.39 is 0 Å². The van der Waals surface area contributed by atoms with Crippen LogP contribution in [0.4, 0.5) is 11.5 Å². The minimum atomic E-state index is -0.0248. The second kappa shape index (κ2) is 9.57. The van der Waals surface area contributed by atoms with Crippen molar-refractivity contribution in [1.82, 2.24) is 15.1 Å². The fourth-order valence-electron chi connectivity index (χ4n) is 4.19. The molecule has 3 aromatic carbocycles. The summed E-state index contributed by atoms with van der Waals surface area (Å²) in [5, 5.41) is 15.0. The van der Waals surface area contributed by atoms with Gasteiger partial charge in [-0.05, 0) is 24.3 Å². The summed E-state index contributed by atoms with van der Waals surface area (Å²) < 4.78 is 0. The zero-order valence-electron chi connectivity index (χ0n) is 18.1. The van der Waals surface area contributed by atoms with Crippen molar-refractivity contribution in [3.8, 4) is 11.3 Å². The molecular formula is C26H24ClN5O. The molecule has 1 aliphatic rings. The average Bonchev–Trinajstić information content (AvgIpc) is 2.86. The topological polar surface area (TPSA) is 61.4 Å². The van der Waals surface area contributed by atoms with Gasteiger partial charge < -0.3 is 10.2 Å². The van der Waals surface area contributed by atoms with Gasteiger partial charge in [0.15, 0.2) is 5.82 Å². The van der Waals surface area contributed by atoms with Crippen LogP contribution in [0.3, 0.4) is 0 Å². The molecule has 0 atom stereocenters. The fourth-order valence-corrected chi connectivity index (χ4v) is 4.31. The van der Waals surface area contributed by atoms with Crippen LogP contribution in [0.25, 0.3) is 22.0 Å². The van der Waals surface area contributed by atoms with Crippen LogP contribution in [0, 0.1) is 0 Å². The lowest BCUT2D eigenvalue weighted by Gasteiger charge is -2.35. The molecule has 4 aromatic rings. The molecule has 0 spiro atoms. The number of aromatic nitrogens is 2. The number of hydrogen-bond donors (Lipinski definition) is 1. The van der Waals surface area contributed by atoms with Gasteiger partial charge in [0.25, 0.3) is 0 Å². The largest absolute Gasteiger partial charge is 0.352 e. The highest BCUT2D eigenvalue weighted by Crippen LogP contribution is 2.31. The maximum atomic E-state index is 12.4. The van der Waals surface area contributed by atoms with Crippen molar-refractivity contribution in [2.45, 2.75) is 0 Å². The fraction of sp³-hybridized carbons (Fsp3) is 0.192. The van der Waals surface area contributed by atoms with Crippen LogP contribution in [0.5, 0.6) is 0 Å². The van der Waals surface area contributed by atoms with Gasteiger partial charge in [-0.2, -0.15) is 0 Å². The maximum absolute atomic E-state index is 12.4. The molecule has 1 amide bonds. The summed E-state index contributed by atoms with van der Waals surface area (Å²) in [6.45, 7) is 3.50. The Bertz CT molecular complexity index is 1250. The number of carbonyl (C=O) groups excluding carboxylic acids is 1. The summed E-state index contributed by atoms with van der Waals surface area (Å²) in [5.41, 5.74) is 2.71. The first-order valence-corrected chi connectivity index (χ1v) is 11.4. The minimum absolute atomic E-state index is 0.0248. The number of anilines is 2. The predicted octanol–water partition coefficient (Wildman–Crippen LogP) is 4.71. The number of nitrogens with one attached hydrogen (secondary N) is 1. The van der Waals surface area contributed by atoms with E-state index in [1.807, 2.05) is 30.3 Å². The Kier molecular flexibility index (Phi) is 6.19. The number of nitrogens with zero attached hydrogens (tertiary/aromatic N) is 4. The minimum Gasteiger partial charge on any atom is -0.352 e. The van der Waals surface area contributed by atoms with Gasteiger partial charge in [0, 0.05) is 53.2 Å². The lowest BCUT2D eigenvalue weighted by molar-refractivity contribution is -0.117. The summed E-state index contributed by atoms with van der Waals surface area (Å²) in [6, 6.07) is 25.6. The smallest absolute Gasteiger partial charge is 0.238 e.